The predicted octanol–water partition coefficient (Wildman–Crippen LogP) is 4.02. The third-order valence-corrected chi connectivity index (χ3v) is 5.04. The number of rotatable bonds is 11. The smallest absolute Gasteiger partial charge is 0.308 e. The van der Waals surface area contributed by atoms with E-state index in [2.05, 4.69) is 12.2 Å². The van der Waals surface area contributed by atoms with Gasteiger partial charge in [0.2, 0.25) is 5.91 Å². The number of hydrogen-bond donors (Lipinski definition) is 1. The fourth-order valence-electron chi connectivity index (χ4n) is 2.43. The Morgan fingerprint density at radius 2 is 1.93 bits per heavy atom. The van der Waals surface area contributed by atoms with Crippen molar-refractivity contribution in [3.05, 3.63) is 39.9 Å². The molecule has 1 aromatic carbocycles. The Morgan fingerprint density at radius 3 is 2.52 bits per heavy atom. The van der Waals surface area contributed by atoms with Crippen LogP contribution in [0.4, 0.5) is 5.69 Å². The SMILES string of the molecule is CCCCSC(C)C(=O)NC(CC(=O)OC(C)C)c1ccccc1[N+](=O)[O-]. The summed E-state index contributed by atoms with van der Waals surface area (Å²) in [6, 6.07) is 5.30. The highest BCUT2D eigenvalue weighted by Gasteiger charge is 2.28. The lowest BCUT2D eigenvalue weighted by Gasteiger charge is -2.21. The number of hydrogen-bond acceptors (Lipinski definition) is 6. The van der Waals surface area contributed by atoms with Crippen LogP contribution in [0.1, 0.15) is 58.6 Å². The first kappa shape index (κ1) is 23.0. The average Bonchev–Trinajstić information content (AvgIpc) is 2.60. The van der Waals surface area contributed by atoms with Crippen LogP contribution in [0.3, 0.4) is 0 Å². The summed E-state index contributed by atoms with van der Waals surface area (Å²) in [7, 11) is 0. The summed E-state index contributed by atoms with van der Waals surface area (Å²) in [5.41, 5.74) is 0.161. The molecule has 1 aromatic rings. The molecule has 0 radical (unpaired) electrons. The van der Waals surface area contributed by atoms with Crippen molar-refractivity contribution in [1.82, 2.24) is 5.32 Å². The summed E-state index contributed by atoms with van der Waals surface area (Å²) in [5.74, 6) is 0.0905. The highest BCUT2D eigenvalue weighted by Crippen LogP contribution is 2.28. The molecule has 7 nitrogen and oxygen atoms in total. The van der Waals surface area contributed by atoms with Gasteiger partial charge in [-0.05, 0) is 32.9 Å². The Morgan fingerprint density at radius 1 is 1.26 bits per heavy atom. The number of carbonyl (C=O) groups excluding carboxylic acids is 2. The molecule has 0 aliphatic carbocycles. The first-order valence-corrected chi connectivity index (χ1v) is 10.2. The van der Waals surface area contributed by atoms with Gasteiger partial charge in [-0.25, -0.2) is 0 Å². The summed E-state index contributed by atoms with van der Waals surface area (Å²) >= 11 is 1.52. The molecule has 1 rings (SSSR count). The maximum Gasteiger partial charge on any atom is 0.308 e. The summed E-state index contributed by atoms with van der Waals surface area (Å²) in [6.45, 7) is 7.32. The van der Waals surface area contributed by atoms with Crippen LogP contribution in [0.5, 0.6) is 0 Å². The predicted molar refractivity (Wildman–Crippen MR) is 107 cm³/mol. The number of nitrogens with zero attached hydrogens (tertiary/aromatic N) is 1. The average molecular weight is 397 g/mol. The molecule has 0 saturated carbocycles. The molecule has 0 fully saturated rings. The van der Waals surface area contributed by atoms with E-state index in [0.29, 0.717) is 5.56 Å². The molecular formula is C19H28N2O5S. The fraction of sp³-hybridized carbons (Fsp3) is 0.579. The first-order valence-electron chi connectivity index (χ1n) is 9.11. The van der Waals surface area contributed by atoms with Crippen molar-refractivity contribution in [2.45, 2.75) is 64.4 Å². The molecule has 0 aliphatic heterocycles. The van der Waals surface area contributed by atoms with E-state index in [-0.39, 0.29) is 29.4 Å². The second-order valence-electron chi connectivity index (χ2n) is 6.49. The standard InChI is InChI=1S/C19H28N2O5S/c1-5-6-11-27-14(4)19(23)20-16(12-18(22)26-13(2)3)15-9-7-8-10-17(15)21(24)25/h7-10,13-14,16H,5-6,11-12H2,1-4H3,(H,20,23). The van der Waals surface area contributed by atoms with Crippen LogP contribution in [0, 0.1) is 10.1 Å². The minimum atomic E-state index is -0.820. The minimum absolute atomic E-state index is 0.133. The van der Waals surface area contributed by atoms with E-state index in [4.69, 9.17) is 4.74 Å². The van der Waals surface area contributed by atoms with Crippen molar-refractivity contribution in [2.75, 3.05) is 5.75 Å². The van der Waals surface area contributed by atoms with Gasteiger partial charge in [0, 0.05) is 6.07 Å². The van der Waals surface area contributed by atoms with Crippen molar-refractivity contribution < 1.29 is 19.2 Å². The number of para-hydroxylation sites is 1. The molecular weight excluding hydrogens is 368 g/mol. The van der Waals surface area contributed by atoms with Crippen LogP contribution in [-0.4, -0.2) is 33.9 Å². The van der Waals surface area contributed by atoms with Gasteiger partial charge >= 0.3 is 5.97 Å². The molecule has 0 bridgehead atoms. The molecule has 0 aliphatic rings. The maximum absolute atomic E-state index is 12.6. The second-order valence-corrected chi connectivity index (χ2v) is 7.94. The summed E-state index contributed by atoms with van der Waals surface area (Å²) in [6.07, 6.45) is 1.59. The number of esters is 1. The molecule has 0 saturated heterocycles. The maximum atomic E-state index is 12.6. The topological polar surface area (TPSA) is 98.5 Å². The molecule has 2 unspecified atom stereocenters. The molecule has 1 amide bonds. The number of unbranched alkanes of at least 4 members (excludes halogenated alkanes) is 1. The zero-order valence-electron chi connectivity index (χ0n) is 16.3. The van der Waals surface area contributed by atoms with Crippen LogP contribution in [0.2, 0.25) is 0 Å². The largest absolute Gasteiger partial charge is 0.463 e. The van der Waals surface area contributed by atoms with Crippen LogP contribution < -0.4 is 5.32 Å². The number of amides is 1. The van der Waals surface area contributed by atoms with Crippen molar-refractivity contribution in [1.29, 1.82) is 0 Å². The number of thioether (sulfide) groups is 1. The molecule has 27 heavy (non-hydrogen) atoms. The van der Waals surface area contributed by atoms with Gasteiger partial charge in [0.05, 0.1) is 34.3 Å². The molecule has 1 N–H and O–H groups in total. The van der Waals surface area contributed by atoms with Gasteiger partial charge in [-0.2, -0.15) is 0 Å². The number of ether oxygens (including phenoxy) is 1. The highest BCUT2D eigenvalue weighted by molar-refractivity contribution is 8.00. The zero-order valence-corrected chi connectivity index (χ0v) is 17.1. The quantitative estimate of drug-likeness (QED) is 0.263. The van der Waals surface area contributed by atoms with Gasteiger partial charge in [-0.3, -0.25) is 19.7 Å². The Bertz CT molecular complexity index is 651. The monoisotopic (exact) mass is 396 g/mol. The van der Waals surface area contributed by atoms with E-state index in [9.17, 15) is 19.7 Å². The van der Waals surface area contributed by atoms with Crippen LogP contribution in [0.25, 0.3) is 0 Å². The van der Waals surface area contributed by atoms with Crippen LogP contribution in [-0.2, 0) is 14.3 Å². The molecule has 0 aromatic heterocycles. The second kappa shape index (κ2) is 11.6. The molecule has 2 atom stereocenters. The Hall–Kier alpha value is -2.09. The Balaban J connectivity index is 3.00. The number of nitro benzene ring substituents is 1. The highest BCUT2D eigenvalue weighted by atomic mass is 32.2. The van der Waals surface area contributed by atoms with Crippen LogP contribution in [0.15, 0.2) is 24.3 Å². The Labute approximate surface area is 164 Å². The van der Waals surface area contributed by atoms with Crippen molar-refractivity contribution in [3.63, 3.8) is 0 Å². The van der Waals surface area contributed by atoms with Gasteiger partial charge in [-0.15, -0.1) is 11.8 Å². The molecule has 0 spiro atoms. The minimum Gasteiger partial charge on any atom is -0.463 e. The number of nitro groups is 1. The van der Waals surface area contributed by atoms with Crippen molar-refractivity contribution >= 4 is 29.3 Å². The van der Waals surface area contributed by atoms with E-state index in [0.717, 1.165) is 18.6 Å². The third-order valence-electron chi connectivity index (χ3n) is 3.80. The molecule has 150 valence electrons. The van der Waals surface area contributed by atoms with Crippen molar-refractivity contribution in [3.8, 4) is 0 Å². The lowest BCUT2D eigenvalue weighted by Crippen LogP contribution is -2.36. The number of nitrogens with one attached hydrogen (secondary N) is 1. The summed E-state index contributed by atoms with van der Waals surface area (Å²) in [5, 5.41) is 13.8. The van der Waals surface area contributed by atoms with E-state index in [1.54, 1.807) is 39.0 Å². The van der Waals surface area contributed by atoms with Gasteiger partial charge in [0.1, 0.15) is 0 Å². The first-order chi connectivity index (χ1) is 12.8. The van der Waals surface area contributed by atoms with E-state index >= 15 is 0 Å². The normalized spacial score (nSPS) is 13.1. The van der Waals surface area contributed by atoms with Crippen molar-refractivity contribution in [2.24, 2.45) is 0 Å². The fourth-order valence-corrected chi connectivity index (χ4v) is 3.46. The zero-order chi connectivity index (χ0) is 20.4. The van der Waals surface area contributed by atoms with E-state index in [1.165, 1.54) is 17.8 Å². The summed E-state index contributed by atoms with van der Waals surface area (Å²) < 4.78 is 5.16. The third kappa shape index (κ3) is 7.99. The number of carbonyl (C=O) groups is 2. The lowest BCUT2D eigenvalue weighted by molar-refractivity contribution is -0.385. The van der Waals surface area contributed by atoms with Gasteiger partial charge in [-0.1, -0.05) is 31.5 Å². The summed E-state index contributed by atoms with van der Waals surface area (Å²) in [4.78, 5) is 35.5. The van der Waals surface area contributed by atoms with E-state index in [1.807, 2.05) is 0 Å². The van der Waals surface area contributed by atoms with Crippen LogP contribution >= 0.6 is 11.8 Å². The molecule has 0 heterocycles. The van der Waals surface area contributed by atoms with Gasteiger partial charge < -0.3 is 10.1 Å². The molecule has 8 heteroatoms. The lowest BCUT2D eigenvalue weighted by atomic mass is 10.0. The number of benzene rings is 1. The Kier molecular flexibility index (Phi) is 9.85. The van der Waals surface area contributed by atoms with Gasteiger partial charge in [0.25, 0.3) is 5.69 Å². The van der Waals surface area contributed by atoms with E-state index < -0.39 is 16.9 Å². The van der Waals surface area contributed by atoms with Gasteiger partial charge in [0.15, 0.2) is 0 Å².